The Balaban J connectivity index is 1.98. The van der Waals surface area contributed by atoms with Crippen LogP contribution in [0.15, 0.2) is 11.6 Å². The topological polar surface area (TPSA) is 29.5 Å². The minimum atomic E-state index is 0.0677. The van der Waals surface area contributed by atoms with Crippen LogP contribution in [0.5, 0.6) is 0 Å². The second kappa shape index (κ2) is 4.74. The maximum atomic E-state index is 9.58. The number of aliphatic hydroxyl groups is 1. The molecule has 2 aliphatic heterocycles. The SMILES string of the molecule is CC(C)=CCC[C@@]12CC[C@@](CO)(CO1)[C@H](C)C2. The molecule has 2 heteroatoms. The fourth-order valence-electron chi connectivity index (χ4n) is 3.45. The Hall–Kier alpha value is -0.340. The largest absolute Gasteiger partial charge is 0.396 e. The van der Waals surface area contributed by atoms with E-state index in [1.54, 1.807) is 0 Å². The first-order valence-corrected chi connectivity index (χ1v) is 6.90. The van der Waals surface area contributed by atoms with Gasteiger partial charge in [-0.2, -0.15) is 0 Å². The van der Waals surface area contributed by atoms with Gasteiger partial charge in [-0.15, -0.1) is 0 Å². The van der Waals surface area contributed by atoms with E-state index in [1.807, 2.05) is 0 Å². The van der Waals surface area contributed by atoms with E-state index < -0.39 is 0 Å². The smallest absolute Gasteiger partial charge is 0.0688 e. The molecule has 0 radical (unpaired) electrons. The average molecular weight is 238 g/mol. The summed E-state index contributed by atoms with van der Waals surface area (Å²) in [5, 5.41) is 9.58. The van der Waals surface area contributed by atoms with Crippen molar-refractivity contribution in [2.45, 2.75) is 58.5 Å². The lowest BCUT2D eigenvalue weighted by Gasteiger charge is -2.56. The summed E-state index contributed by atoms with van der Waals surface area (Å²) in [6.07, 6.45) is 7.98. The number of aliphatic hydroxyl groups excluding tert-OH is 1. The minimum Gasteiger partial charge on any atom is -0.396 e. The van der Waals surface area contributed by atoms with Gasteiger partial charge in [0.2, 0.25) is 0 Å². The molecule has 0 unspecified atom stereocenters. The molecule has 0 aromatic rings. The van der Waals surface area contributed by atoms with Gasteiger partial charge in [-0.3, -0.25) is 0 Å². The van der Waals surface area contributed by atoms with E-state index >= 15 is 0 Å². The Morgan fingerprint density at radius 2 is 2.18 bits per heavy atom. The van der Waals surface area contributed by atoms with Crippen molar-refractivity contribution in [1.29, 1.82) is 0 Å². The highest BCUT2D eigenvalue weighted by Crippen LogP contribution is 2.53. The minimum absolute atomic E-state index is 0.0677. The molecule has 0 aromatic heterocycles. The van der Waals surface area contributed by atoms with Crippen LogP contribution in [0, 0.1) is 11.3 Å². The normalized spacial score (nSPS) is 40.4. The number of hydrogen-bond acceptors (Lipinski definition) is 2. The standard InChI is InChI=1S/C15H26O2/c1-12(2)5-4-6-15-8-7-14(10-16,11-17-15)13(3)9-15/h5,13,16H,4,6-11H2,1-3H3/t13-,14-,15+/m1/s1. The highest BCUT2D eigenvalue weighted by atomic mass is 16.5. The van der Waals surface area contributed by atoms with E-state index in [-0.39, 0.29) is 17.6 Å². The lowest BCUT2D eigenvalue weighted by atomic mass is 9.59. The van der Waals surface area contributed by atoms with Crippen molar-refractivity contribution in [2.24, 2.45) is 11.3 Å². The van der Waals surface area contributed by atoms with Crippen LogP contribution in [0.3, 0.4) is 0 Å². The van der Waals surface area contributed by atoms with Crippen LogP contribution in [0.2, 0.25) is 0 Å². The lowest BCUT2D eigenvalue weighted by Crippen LogP contribution is -2.56. The fraction of sp³-hybridized carbons (Fsp3) is 0.867. The van der Waals surface area contributed by atoms with Crippen LogP contribution in [0.1, 0.15) is 52.9 Å². The van der Waals surface area contributed by atoms with Gasteiger partial charge in [0.15, 0.2) is 0 Å². The third-order valence-corrected chi connectivity index (χ3v) is 4.94. The molecule has 3 atom stereocenters. The third-order valence-electron chi connectivity index (χ3n) is 4.94. The number of hydrogen-bond donors (Lipinski definition) is 1. The molecule has 2 bridgehead atoms. The molecule has 1 aliphatic carbocycles. The lowest BCUT2D eigenvalue weighted by molar-refractivity contribution is -0.220. The summed E-state index contributed by atoms with van der Waals surface area (Å²) in [6, 6.07) is 0. The number of fused-ring (bicyclic) bond motifs is 3. The van der Waals surface area contributed by atoms with E-state index in [4.69, 9.17) is 4.74 Å². The van der Waals surface area contributed by atoms with Gasteiger partial charge >= 0.3 is 0 Å². The summed E-state index contributed by atoms with van der Waals surface area (Å²) >= 11 is 0. The van der Waals surface area contributed by atoms with E-state index in [0.717, 1.165) is 38.7 Å². The molecule has 3 fully saturated rings. The molecule has 1 N–H and O–H groups in total. The van der Waals surface area contributed by atoms with Gasteiger partial charge in [0.1, 0.15) is 0 Å². The Labute approximate surface area is 105 Å². The average Bonchev–Trinajstić information content (AvgIpc) is 2.30. The van der Waals surface area contributed by atoms with Crippen LogP contribution in [0.25, 0.3) is 0 Å². The van der Waals surface area contributed by atoms with Crippen molar-refractivity contribution in [3.8, 4) is 0 Å². The van der Waals surface area contributed by atoms with Crippen LogP contribution in [-0.4, -0.2) is 23.9 Å². The van der Waals surface area contributed by atoms with E-state index in [1.165, 1.54) is 5.57 Å². The Morgan fingerprint density at radius 1 is 1.41 bits per heavy atom. The Kier molecular flexibility index (Phi) is 3.65. The molecule has 2 heterocycles. The quantitative estimate of drug-likeness (QED) is 0.761. The number of allylic oxidation sites excluding steroid dienone is 2. The second-order valence-electron chi connectivity index (χ2n) is 6.42. The Morgan fingerprint density at radius 3 is 2.65 bits per heavy atom. The first-order chi connectivity index (χ1) is 8.02. The first kappa shape index (κ1) is 13.1. The molecular weight excluding hydrogens is 212 g/mol. The van der Waals surface area contributed by atoms with Crippen LogP contribution in [-0.2, 0) is 4.74 Å². The predicted molar refractivity (Wildman–Crippen MR) is 69.9 cm³/mol. The molecular formula is C15H26O2. The van der Waals surface area contributed by atoms with Crippen molar-refractivity contribution in [3.05, 3.63) is 11.6 Å². The fourth-order valence-corrected chi connectivity index (χ4v) is 3.45. The summed E-state index contributed by atoms with van der Waals surface area (Å²) in [5.74, 6) is 0.599. The van der Waals surface area contributed by atoms with Crippen LogP contribution >= 0.6 is 0 Å². The molecule has 2 nitrogen and oxygen atoms in total. The summed E-state index contributed by atoms with van der Waals surface area (Å²) in [4.78, 5) is 0. The predicted octanol–water partition coefficient (Wildman–Crippen LogP) is 3.30. The molecule has 0 aromatic carbocycles. The molecule has 1 saturated carbocycles. The van der Waals surface area contributed by atoms with Gasteiger partial charge in [0.25, 0.3) is 0 Å². The van der Waals surface area contributed by atoms with Gasteiger partial charge in [0.05, 0.1) is 18.8 Å². The van der Waals surface area contributed by atoms with Gasteiger partial charge in [-0.1, -0.05) is 18.6 Å². The maximum absolute atomic E-state index is 9.58. The number of ether oxygens (including phenoxy) is 1. The first-order valence-electron chi connectivity index (χ1n) is 6.90. The molecule has 17 heavy (non-hydrogen) atoms. The van der Waals surface area contributed by atoms with Crippen LogP contribution < -0.4 is 0 Å². The summed E-state index contributed by atoms with van der Waals surface area (Å²) in [5.41, 5.74) is 1.58. The van der Waals surface area contributed by atoms with Gasteiger partial charge in [-0.25, -0.2) is 0 Å². The molecule has 2 saturated heterocycles. The van der Waals surface area contributed by atoms with E-state index in [0.29, 0.717) is 5.92 Å². The van der Waals surface area contributed by atoms with Crippen LogP contribution in [0.4, 0.5) is 0 Å². The van der Waals surface area contributed by atoms with E-state index in [2.05, 4.69) is 26.8 Å². The number of rotatable bonds is 4. The summed E-state index contributed by atoms with van der Waals surface area (Å²) in [7, 11) is 0. The van der Waals surface area contributed by atoms with Gasteiger partial charge < -0.3 is 9.84 Å². The monoisotopic (exact) mass is 238 g/mol. The molecule has 98 valence electrons. The summed E-state index contributed by atoms with van der Waals surface area (Å²) < 4.78 is 6.12. The molecule has 3 rings (SSSR count). The van der Waals surface area contributed by atoms with Crippen molar-refractivity contribution >= 4 is 0 Å². The molecule has 3 aliphatic rings. The molecule has 0 spiro atoms. The van der Waals surface area contributed by atoms with Crippen molar-refractivity contribution < 1.29 is 9.84 Å². The zero-order valence-corrected chi connectivity index (χ0v) is 11.5. The zero-order chi connectivity index (χ0) is 12.5. The third kappa shape index (κ3) is 2.43. The van der Waals surface area contributed by atoms with Crippen molar-refractivity contribution in [3.63, 3.8) is 0 Å². The highest BCUT2D eigenvalue weighted by molar-refractivity contribution is 5.04. The second-order valence-corrected chi connectivity index (χ2v) is 6.42. The van der Waals surface area contributed by atoms with E-state index in [9.17, 15) is 5.11 Å². The van der Waals surface area contributed by atoms with Gasteiger partial charge in [0, 0.05) is 5.41 Å². The highest BCUT2D eigenvalue weighted by Gasteiger charge is 2.53. The zero-order valence-electron chi connectivity index (χ0n) is 11.5. The van der Waals surface area contributed by atoms with Crippen molar-refractivity contribution in [1.82, 2.24) is 0 Å². The Bertz CT molecular complexity index is 294. The maximum Gasteiger partial charge on any atom is 0.0688 e. The summed E-state index contributed by atoms with van der Waals surface area (Å²) in [6.45, 7) is 7.64. The van der Waals surface area contributed by atoms with Gasteiger partial charge in [-0.05, 0) is 51.9 Å². The molecule has 0 amide bonds. The van der Waals surface area contributed by atoms with Crippen molar-refractivity contribution in [2.75, 3.05) is 13.2 Å².